The van der Waals surface area contributed by atoms with Crippen molar-refractivity contribution >= 4 is 29.3 Å². The van der Waals surface area contributed by atoms with E-state index in [0.717, 1.165) is 12.1 Å². The molecule has 0 bridgehead atoms. The number of methoxy groups -OCH3 is 1. The summed E-state index contributed by atoms with van der Waals surface area (Å²) in [6, 6.07) is 10.9. The van der Waals surface area contributed by atoms with Crippen LogP contribution in [0.15, 0.2) is 48.0 Å². The lowest BCUT2D eigenvalue weighted by Crippen LogP contribution is -2.15. The monoisotopic (exact) mass is 380 g/mol. The van der Waals surface area contributed by atoms with Gasteiger partial charge in [-0.05, 0) is 30.3 Å². The van der Waals surface area contributed by atoms with Crippen LogP contribution in [0.5, 0.6) is 5.75 Å². The first kappa shape index (κ1) is 19.3. The molecule has 8 heteroatoms. The van der Waals surface area contributed by atoms with Gasteiger partial charge in [0.05, 0.1) is 23.4 Å². The third-order valence-corrected chi connectivity index (χ3v) is 3.68. The topological polar surface area (TPSA) is 62.1 Å². The van der Waals surface area contributed by atoms with Crippen LogP contribution in [0.25, 0.3) is 6.08 Å². The summed E-state index contributed by atoms with van der Waals surface area (Å²) in [5.41, 5.74) is -1.06. The van der Waals surface area contributed by atoms with Crippen molar-refractivity contribution < 1.29 is 22.7 Å². The van der Waals surface area contributed by atoms with Crippen LogP contribution < -0.4 is 10.1 Å². The third kappa shape index (κ3) is 4.55. The minimum atomic E-state index is -4.59. The molecule has 134 valence electrons. The SMILES string of the molecule is COc1ccccc1C=C(C#N)C(=O)Nc1cc(C(F)(F)F)ccc1Cl. The molecule has 26 heavy (non-hydrogen) atoms. The van der Waals surface area contributed by atoms with Crippen LogP contribution in [-0.4, -0.2) is 13.0 Å². The number of para-hydroxylation sites is 1. The van der Waals surface area contributed by atoms with Crippen LogP contribution in [0.2, 0.25) is 5.02 Å². The van der Waals surface area contributed by atoms with Gasteiger partial charge >= 0.3 is 6.18 Å². The molecule has 0 heterocycles. The van der Waals surface area contributed by atoms with Gasteiger partial charge in [-0.1, -0.05) is 29.8 Å². The van der Waals surface area contributed by atoms with Crippen molar-refractivity contribution in [1.29, 1.82) is 5.26 Å². The normalized spacial score (nSPS) is 11.6. The first-order valence-electron chi connectivity index (χ1n) is 7.19. The molecule has 0 aliphatic carbocycles. The maximum absolute atomic E-state index is 12.8. The lowest BCUT2D eigenvalue weighted by molar-refractivity contribution is -0.137. The molecule has 0 spiro atoms. The number of hydrogen-bond donors (Lipinski definition) is 1. The Labute approximate surface area is 152 Å². The molecule has 0 atom stereocenters. The number of alkyl halides is 3. The van der Waals surface area contributed by atoms with Gasteiger partial charge in [-0.25, -0.2) is 0 Å². The number of carbonyl (C=O) groups is 1. The fraction of sp³-hybridized carbons (Fsp3) is 0.111. The zero-order valence-electron chi connectivity index (χ0n) is 13.4. The number of rotatable bonds is 4. The summed E-state index contributed by atoms with van der Waals surface area (Å²) in [7, 11) is 1.43. The van der Waals surface area contributed by atoms with Crippen molar-refractivity contribution in [2.45, 2.75) is 6.18 Å². The fourth-order valence-electron chi connectivity index (χ4n) is 2.08. The molecule has 1 amide bonds. The largest absolute Gasteiger partial charge is 0.496 e. The van der Waals surface area contributed by atoms with E-state index in [1.807, 2.05) is 0 Å². The predicted octanol–water partition coefficient (Wildman–Crippen LogP) is 4.91. The summed E-state index contributed by atoms with van der Waals surface area (Å²) in [6.45, 7) is 0. The number of nitrogens with one attached hydrogen (secondary N) is 1. The molecular weight excluding hydrogens is 369 g/mol. The highest BCUT2D eigenvalue weighted by molar-refractivity contribution is 6.34. The number of hydrogen-bond acceptors (Lipinski definition) is 3. The van der Waals surface area contributed by atoms with Gasteiger partial charge in [-0.15, -0.1) is 0 Å². The Morgan fingerprint density at radius 2 is 1.96 bits per heavy atom. The molecule has 0 aliphatic rings. The van der Waals surface area contributed by atoms with E-state index in [1.165, 1.54) is 13.2 Å². The van der Waals surface area contributed by atoms with Crippen molar-refractivity contribution in [2.24, 2.45) is 0 Å². The number of benzene rings is 2. The fourth-order valence-corrected chi connectivity index (χ4v) is 2.24. The third-order valence-electron chi connectivity index (χ3n) is 3.35. The van der Waals surface area contributed by atoms with E-state index in [-0.39, 0.29) is 16.3 Å². The zero-order chi connectivity index (χ0) is 19.3. The lowest BCUT2D eigenvalue weighted by atomic mass is 10.1. The highest BCUT2D eigenvalue weighted by atomic mass is 35.5. The number of nitrogens with zero attached hydrogens (tertiary/aromatic N) is 1. The molecular formula is C18H12ClF3N2O2. The summed E-state index contributed by atoms with van der Waals surface area (Å²) in [4.78, 5) is 12.3. The molecule has 0 aromatic heterocycles. The standard InChI is InChI=1S/C18H12ClF3N2O2/c1-26-16-5-3-2-4-11(16)8-12(10-23)17(25)24-15-9-13(18(20,21)22)6-7-14(15)19/h2-9H,1H3,(H,24,25). The van der Waals surface area contributed by atoms with Crippen molar-refractivity contribution in [3.05, 3.63) is 64.2 Å². The van der Waals surface area contributed by atoms with Gasteiger partial charge in [0.2, 0.25) is 0 Å². The van der Waals surface area contributed by atoms with Crippen LogP contribution in [0.3, 0.4) is 0 Å². The van der Waals surface area contributed by atoms with E-state index in [9.17, 15) is 23.2 Å². The van der Waals surface area contributed by atoms with Crippen LogP contribution in [0.1, 0.15) is 11.1 Å². The first-order chi connectivity index (χ1) is 12.3. The number of anilines is 1. The average Bonchev–Trinajstić information content (AvgIpc) is 2.60. The zero-order valence-corrected chi connectivity index (χ0v) is 14.2. The maximum atomic E-state index is 12.8. The number of carbonyl (C=O) groups excluding carboxylic acids is 1. The Hall–Kier alpha value is -2.98. The molecule has 0 unspecified atom stereocenters. The number of nitriles is 1. The minimum Gasteiger partial charge on any atom is -0.496 e. The quantitative estimate of drug-likeness (QED) is 0.605. The molecule has 2 aromatic carbocycles. The molecule has 0 saturated heterocycles. The molecule has 0 radical (unpaired) electrons. The molecule has 0 fully saturated rings. The maximum Gasteiger partial charge on any atom is 0.416 e. The smallest absolute Gasteiger partial charge is 0.416 e. The van der Waals surface area contributed by atoms with E-state index >= 15 is 0 Å². The van der Waals surface area contributed by atoms with Crippen molar-refractivity contribution in [3.8, 4) is 11.8 Å². The van der Waals surface area contributed by atoms with Crippen LogP contribution >= 0.6 is 11.6 Å². The van der Waals surface area contributed by atoms with Crippen LogP contribution in [0, 0.1) is 11.3 Å². The van der Waals surface area contributed by atoms with E-state index in [2.05, 4.69) is 5.32 Å². The van der Waals surface area contributed by atoms with Crippen LogP contribution in [-0.2, 0) is 11.0 Å². The summed E-state index contributed by atoms with van der Waals surface area (Å²) >= 11 is 5.84. The van der Waals surface area contributed by atoms with Gasteiger partial charge in [0.25, 0.3) is 5.91 Å². The van der Waals surface area contributed by atoms with Crippen LogP contribution in [0.4, 0.5) is 18.9 Å². The Balaban J connectivity index is 2.34. The van der Waals surface area contributed by atoms with E-state index in [1.54, 1.807) is 30.3 Å². The van der Waals surface area contributed by atoms with Crippen molar-refractivity contribution in [1.82, 2.24) is 0 Å². The molecule has 1 N–H and O–H groups in total. The number of ether oxygens (including phenoxy) is 1. The van der Waals surface area contributed by atoms with E-state index in [4.69, 9.17) is 16.3 Å². The second kappa shape index (κ2) is 7.93. The van der Waals surface area contributed by atoms with Gasteiger partial charge in [-0.2, -0.15) is 18.4 Å². The first-order valence-corrected chi connectivity index (χ1v) is 7.57. The highest BCUT2D eigenvalue weighted by Gasteiger charge is 2.31. The Kier molecular flexibility index (Phi) is 5.90. The van der Waals surface area contributed by atoms with E-state index in [0.29, 0.717) is 17.4 Å². The van der Waals surface area contributed by atoms with Gasteiger partial charge in [0, 0.05) is 5.56 Å². The summed E-state index contributed by atoms with van der Waals surface area (Å²) in [6.07, 6.45) is -3.31. The number of amides is 1. The molecule has 0 aliphatic heterocycles. The average molecular weight is 381 g/mol. The molecule has 2 rings (SSSR count). The predicted molar refractivity (Wildman–Crippen MR) is 91.7 cm³/mol. The second-order valence-corrected chi connectivity index (χ2v) is 5.47. The molecule has 0 saturated carbocycles. The van der Waals surface area contributed by atoms with Gasteiger partial charge < -0.3 is 10.1 Å². The lowest BCUT2D eigenvalue weighted by Gasteiger charge is -2.11. The van der Waals surface area contributed by atoms with Crippen molar-refractivity contribution in [3.63, 3.8) is 0 Å². The van der Waals surface area contributed by atoms with Crippen molar-refractivity contribution in [2.75, 3.05) is 12.4 Å². The summed E-state index contributed by atoms with van der Waals surface area (Å²) in [5.74, 6) is -0.454. The minimum absolute atomic E-state index is 0.0825. The Morgan fingerprint density at radius 1 is 1.27 bits per heavy atom. The molecule has 4 nitrogen and oxygen atoms in total. The second-order valence-electron chi connectivity index (χ2n) is 5.06. The van der Waals surface area contributed by atoms with Gasteiger partial charge in [-0.3, -0.25) is 4.79 Å². The summed E-state index contributed by atoms with van der Waals surface area (Å²) < 4.78 is 43.5. The Morgan fingerprint density at radius 3 is 2.58 bits per heavy atom. The van der Waals surface area contributed by atoms with Gasteiger partial charge in [0.1, 0.15) is 17.4 Å². The molecule has 2 aromatic rings. The van der Waals surface area contributed by atoms with Gasteiger partial charge in [0.15, 0.2) is 0 Å². The summed E-state index contributed by atoms with van der Waals surface area (Å²) in [5, 5.41) is 11.4. The van der Waals surface area contributed by atoms with E-state index < -0.39 is 17.6 Å². The highest BCUT2D eigenvalue weighted by Crippen LogP contribution is 2.34. The Bertz CT molecular complexity index is 902. The number of halogens is 4.